The SMILES string of the molecule is CNC(=O)c1cc(F)ccc1CNC(=O)c1nc2n(c(=O)c1O)C[C@@H]1CCC[C@H]2O1. The van der Waals surface area contributed by atoms with Crippen molar-refractivity contribution in [3.63, 3.8) is 0 Å². The molecule has 2 amide bonds. The molecule has 4 rings (SSSR count). The molecule has 9 nitrogen and oxygen atoms in total. The molecule has 0 unspecified atom stereocenters. The molecule has 158 valence electrons. The smallest absolute Gasteiger partial charge is 0.296 e. The first kappa shape index (κ1) is 20.0. The van der Waals surface area contributed by atoms with Crippen LogP contribution in [0.2, 0.25) is 0 Å². The van der Waals surface area contributed by atoms with Crippen molar-refractivity contribution >= 4 is 11.8 Å². The molecule has 0 radical (unpaired) electrons. The number of nitrogens with one attached hydrogen (secondary N) is 2. The number of aromatic nitrogens is 2. The number of rotatable bonds is 4. The van der Waals surface area contributed by atoms with Crippen molar-refractivity contribution in [2.24, 2.45) is 0 Å². The van der Waals surface area contributed by atoms with E-state index in [4.69, 9.17) is 4.74 Å². The van der Waals surface area contributed by atoms with Crippen LogP contribution in [0.15, 0.2) is 23.0 Å². The molecular formula is C20H21FN4O5. The summed E-state index contributed by atoms with van der Waals surface area (Å²) in [5.41, 5.74) is -0.639. The van der Waals surface area contributed by atoms with Crippen LogP contribution in [-0.4, -0.2) is 39.6 Å². The molecule has 0 aliphatic carbocycles. The molecule has 2 aliphatic rings. The minimum atomic E-state index is -0.780. The summed E-state index contributed by atoms with van der Waals surface area (Å²) < 4.78 is 20.7. The number of nitrogens with zero attached hydrogens (tertiary/aromatic N) is 2. The van der Waals surface area contributed by atoms with Crippen LogP contribution in [0.1, 0.15) is 57.6 Å². The highest BCUT2D eigenvalue weighted by atomic mass is 19.1. The molecular weight excluding hydrogens is 395 g/mol. The number of fused-ring (bicyclic) bond motifs is 4. The van der Waals surface area contributed by atoms with E-state index in [9.17, 15) is 23.9 Å². The zero-order valence-corrected chi connectivity index (χ0v) is 16.3. The molecule has 2 aliphatic heterocycles. The first-order chi connectivity index (χ1) is 14.4. The van der Waals surface area contributed by atoms with Crippen LogP contribution >= 0.6 is 0 Å². The van der Waals surface area contributed by atoms with Crippen LogP contribution in [-0.2, 0) is 17.8 Å². The van der Waals surface area contributed by atoms with E-state index in [0.29, 0.717) is 17.8 Å². The molecule has 3 heterocycles. The number of carbonyl (C=O) groups excluding carboxylic acids is 2. The summed E-state index contributed by atoms with van der Waals surface area (Å²) in [6.07, 6.45) is 1.95. The first-order valence-corrected chi connectivity index (χ1v) is 9.67. The Labute approximate surface area is 170 Å². The molecule has 1 fully saturated rings. The van der Waals surface area contributed by atoms with Gasteiger partial charge in [0.1, 0.15) is 17.7 Å². The average Bonchev–Trinajstić information content (AvgIpc) is 2.75. The lowest BCUT2D eigenvalue weighted by molar-refractivity contribution is -0.0860. The van der Waals surface area contributed by atoms with E-state index in [1.54, 1.807) is 0 Å². The molecule has 3 N–H and O–H groups in total. The van der Waals surface area contributed by atoms with Crippen molar-refractivity contribution in [3.05, 3.63) is 57.0 Å². The maximum absolute atomic E-state index is 13.5. The fraction of sp³-hybridized carbons (Fsp3) is 0.400. The first-order valence-electron chi connectivity index (χ1n) is 9.67. The Hall–Kier alpha value is -3.27. The summed E-state index contributed by atoms with van der Waals surface area (Å²) in [7, 11) is 1.41. The molecule has 1 aromatic heterocycles. The van der Waals surface area contributed by atoms with Gasteiger partial charge in [0.15, 0.2) is 5.69 Å². The minimum Gasteiger partial charge on any atom is -0.501 e. The van der Waals surface area contributed by atoms with Gasteiger partial charge in [-0.15, -0.1) is 0 Å². The quantitative estimate of drug-likeness (QED) is 0.684. The number of carbonyl (C=O) groups is 2. The van der Waals surface area contributed by atoms with Crippen LogP contribution in [0.3, 0.4) is 0 Å². The third-order valence-electron chi connectivity index (χ3n) is 5.40. The zero-order valence-electron chi connectivity index (χ0n) is 16.3. The Balaban J connectivity index is 1.60. The van der Waals surface area contributed by atoms with E-state index in [1.165, 1.54) is 23.7 Å². The van der Waals surface area contributed by atoms with Gasteiger partial charge in [-0.1, -0.05) is 6.07 Å². The van der Waals surface area contributed by atoms with Crippen LogP contribution < -0.4 is 16.2 Å². The number of benzene rings is 1. The monoisotopic (exact) mass is 416 g/mol. The molecule has 1 aromatic carbocycles. The van der Waals surface area contributed by atoms with Crippen LogP contribution in [0, 0.1) is 5.82 Å². The third kappa shape index (κ3) is 3.54. The number of amides is 2. The highest BCUT2D eigenvalue weighted by Crippen LogP contribution is 2.35. The van der Waals surface area contributed by atoms with Gasteiger partial charge in [0.05, 0.1) is 12.6 Å². The Bertz CT molecular complexity index is 1080. The van der Waals surface area contributed by atoms with E-state index in [1.807, 2.05) is 0 Å². The maximum atomic E-state index is 13.5. The fourth-order valence-electron chi connectivity index (χ4n) is 3.88. The summed E-state index contributed by atoms with van der Waals surface area (Å²) in [6, 6.07) is 3.62. The predicted molar refractivity (Wildman–Crippen MR) is 103 cm³/mol. The van der Waals surface area contributed by atoms with Gasteiger partial charge in [0.2, 0.25) is 5.75 Å². The molecule has 2 bridgehead atoms. The third-order valence-corrected chi connectivity index (χ3v) is 5.40. The normalized spacial score (nSPS) is 19.7. The molecule has 2 atom stereocenters. The number of hydrogen-bond donors (Lipinski definition) is 3. The highest BCUT2D eigenvalue weighted by Gasteiger charge is 2.35. The molecule has 0 spiro atoms. The lowest BCUT2D eigenvalue weighted by Crippen LogP contribution is -2.42. The lowest BCUT2D eigenvalue weighted by atomic mass is 10.00. The van der Waals surface area contributed by atoms with Crippen LogP contribution in [0.4, 0.5) is 4.39 Å². The summed E-state index contributed by atoms with van der Waals surface area (Å²) in [5.74, 6) is -2.28. The molecule has 2 aromatic rings. The fourth-order valence-corrected chi connectivity index (χ4v) is 3.88. The van der Waals surface area contributed by atoms with Gasteiger partial charge in [-0.25, -0.2) is 9.37 Å². The Morgan fingerprint density at radius 2 is 2.13 bits per heavy atom. The van der Waals surface area contributed by atoms with E-state index in [-0.39, 0.29) is 24.8 Å². The predicted octanol–water partition coefficient (Wildman–Crippen LogP) is 1.00. The van der Waals surface area contributed by atoms with Gasteiger partial charge in [0.25, 0.3) is 17.4 Å². The van der Waals surface area contributed by atoms with E-state index in [0.717, 1.165) is 18.9 Å². The van der Waals surface area contributed by atoms with Crippen LogP contribution in [0.25, 0.3) is 0 Å². The molecule has 10 heteroatoms. The van der Waals surface area contributed by atoms with Gasteiger partial charge in [0, 0.05) is 19.2 Å². The van der Waals surface area contributed by atoms with Gasteiger partial charge >= 0.3 is 0 Å². The second kappa shape index (κ2) is 7.86. The summed E-state index contributed by atoms with van der Waals surface area (Å²) in [6.45, 7) is 0.168. The standard InChI is InChI=1S/C20H21FN4O5/c1-22-18(27)13-7-11(21)6-5-10(13)8-23-19(28)15-16(26)20(29)25-9-12-3-2-4-14(30-12)17(25)24-15/h5-7,12,14,26H,2-4,8-9H2,1H3,(H,22,27)(H,23,28)/t12-,14+/m0/s1. The van der Waals surface area contributed by atoms with Gasteiger partial charge < -0.3 is 20.5 Å². The van der Waals surface area contributed by atoms with Crippen molar-refractivity contribution in [3.8, 4) is 5.75 Å². The summed E-state index contributed by atoms with van der Waals surface area (Å²) in [4.78, 5) is 41.5. The van der Waals surface area contributed by atoms with E-state index < -0.39 is 40.7 Å². The van der Waals surface area contributed by atoms with Gasteiger partial charge in [-0.3, -0.25) is 19.0 Å². The summed E-state index contributed by atoms with van der Waals surface area (Å²) >= 11 is 0. The Kier molecular flexibility index (Phi) is 5.25. The minimum absolute atomic E-state index is 0.0714. The van der Waals surface area contributed by atoms with Gasteiger partial charge in [-0.05, 0) is 37.0 Å². The summed E-state index contributed by atoms with van der Waals surface area (Å²) in [5, 5.41) is 15.2. The second-order valence-electron chi connectivity index (χ2n) is 7.32. The maximum Gasteiger partial charge on any atom is 0.296 e. The lowest BCUT2D eigenvalue weighted by Gasteiger charge is -2.36. The zero-order chi connectivity index (χ0) is 21.4. The largest absolute Gasteiger partial charge is 0.501 e. The van der Waals surface area contributed by atoms with Crippen molar-refractivity contribution in [1.82, 2.24) is 20.2 Å². The van der Waals surface area contributed by atoms with Crippen molar-refractivity contribution in [2.75, 3.05) is 7.05 Å². The molecule has 1 saturated heterocycles. The van der Waals surface area contributed by atoms with Crippen LogP contribution in [0.5, 0.6) is 5.75 Å². The van der Waals surface area contributed by atoms with Crippen molar-refractivity contribution < 1.29 is 23.8 Å². The van der Waals surface area contributed by atoms with E-state index in [2.05, 4.69) is 15.6 Å². The van der Waals surface area contributed by atoms with Crippen molar-refractivity contribution in [2.45, 2.75) is 44.6 Å². The Morgan fingerprint density at radius 1 is 1.33 bits per heavy atom. The number of ether oxygens (including phenoxy) is 1. The average molecular weight is 416 g/mol. The highest BCUT2D eigenvalue weighted by molar-refractivity contribution is 5.96. The second-order valence-corrected chi connectivity index (χ2v) is 7.32. The number of hydrogen-bond acceptors (Lipinski definition) is 6. The Morgan fingerprint density at radius 3 is 2.90 bits per heavy atom. The van der Waals surface area contributed by atoms with E-state index >= 15 is 0 Å². The van der Waals surface area contributed by atoms with Crippen molar-refractivity contribution in [1.29, 1.82) is 0 Å². The molecule has 30 heavy (non-hydrogen) atoms. The molecule has 0 saturated carbocycles. The number of aromatic hydroxyl groups is 1. The van der Waals surface area contributed by atoms with Gasteiger partial charge in [-0.2, -0.15) is 0 Å². The topological polar surface area (TPSA) is 123 Å². The number of halogens is 1.